The van der Waals surface area contributed by atoms with Crippen LogP contribution in [0.25, 0.3) is 0 Å². The van der Waals surface area contributed by atoms with Gasteiger partial charge in [-0.2, -0.15) is 0 Å². The van der Waals surface area contributed by atoms with Crippen molar-refractivity contribution in [2.75, 3.05) is 11.4 Å². The Bertz CT molecular complexity index is 786. The highest BCUT2D eigenvalue weighted by molar-refractivity contribution is 6.02. The number of carbonyl (C=O) groups is 1. The second-order valence-corrected chi connectivity index (χ2v) is 6.07. The zero-order valence-electron chi connectivity index (χ0n) is 12.8. The Hall–Kier alpha value is -2.34. The number of para-hydroxylation sites is 1. The fourth-order valence-corrected chi connectivity index (χ4v) is 3.55. The zero-order chi connectivity index (χ0) is 16.0. The van der Waals surface area contributed by atoms with E-state index < -0.39 is 11.4 Å². The summed E-state index contributed by atoms with van der Waals surface area (Å²) in [5.74, 6) is 0.111. The molecule has 0 radical (unpaired) electrons. The Morgan fingerprint density at radius 2 is 2.17 bits per heavy atom. The molecule has 1 aromatic carbocycles. The number of nitrogens with zero attached hydrogens (tertiary/aromatic N) is 3. The van der Waals surface area contributed by atoms with E-state index in [0.717, 1.165) is 24.2 Å². The van der Waals surface area contributed by atoms with Crippen LogP contribution in [0.1, 0.15) is 29.9 Å². The van der Waals surface area contributed by atoms with E-state index >= 15 is 0 Å². The van der Waals surface area contributed by atoms with Gasteiger partial charge in [-0.3, -0.25) is 10.1 Å². The van der Waals surface area contributed by atoms with E-state index in [4.69, 9.17) is 0 Å². The first-order valence-electron chi connectivity index (χ1n) is 7.76. The number of carbonyl (C=O) groups excluding carboxylic acids is 1. The number of hydrogen-bond acceptors (Lipinski definition) is 4. The van der Waals surface area contributed by atoms with E-state index in [0.29, 0.717) is 24.5 Å². The van der Waals surface area contributed by atoms with Crippen LogP contribution in [0.15, 0.2) is 30.5 Å². The molecule has 1 N–H and O–H groups in total. The summed E-state index contributed by atoms with van der Waals surface area (Å²) in [6.07, 6.45) is 3.30. The molecule has 1 saturated heterocycles. The minimum absolute atomic E-state index is 0.134. The van der Waals surface area contributed by atoms with E-state index in [-0.39, 0.29) is 5.91 Å². The smallest absolute Gasteiger partial charge is 0.253 e. The molecule has 0 bridgehead atoms. The van der Waals surface area contributed by atoms with E-state index in [1.807, 2.05) is 6.92 Å². The molecule has 0 saturated carbocycles. The minimum atomic E-state index is -0.858. The maximum atomic E-state index is 14.2. The topological polar surface area (TPSA) is 58.1 Å². The number of fused-ring (bicyclic) bond motifs is 2. The van der Waals surface area contributed by atoms with E-state index in [1.54, 1.807) is 24.4 Å². The molecule has 6 heteroatoms. The van der Waals surface area contributed by atoms with Gasteiger partial charge < -0.3 is 4.90 Å². The maximum Gasteiger partial charge on any atom is 0.253 e. The lowest BCUT2D eigenvalue weighted by molar-refractivity contribution is -0.125. The SMILES string of the molecule is Cc1ncc2c(n1)C1(CCCN1)C(=O)N(c1ccccc1F)C2. The molecular weight excluding hydrogens is 295 g/mol. The van der Waals surface area contributed by atoms with Crippen molar-refractivity contribution in [1.82, 2.24) is 15.3 Å². The van der Waals surface area contributed by atoms with Crippen LogP contribution in [0.3, 0.4) is 0 Å². The van der Waals surface area contributed by atoms with Crippen molar-refractivity contribution < 1.29 is 9.18 Å². The molecule has 5 nitrogen and oxygen atoms in total. The summed E-state index contributed by atoms with van der Waals surface area (Å²) in [6.45, 7) is 2.86. The molecule has 1 fully saturated rings. The van der Waals surface area contributed by atoms with Crippen molar-refractivity contribution in [1.29, 1.82) is 0 Å². The van der Waals surface area contributed by atoms with Gasteiger partial charge in [0.1, 0.15) is 17.2 Å². The summed E-state index contributed by atoms with van der Waals surface area (Å²) in [5.41, 5.74) is 1.06. The van der Waals surface area contributed by atoms with Crippen molar-refractivity contribution in [2.45, 2.75) is 31.8 Å². The lowest BCUT2D eigenvalue weighted by Gasteiger charge is -2.40. The fraction of sp³-hybridized carbons (Fsp3) is 0.353. The number of anilines is 1. The molecule has 1 spiro atoms. The fourth-order valence-electron chi connectivity index (χ4n) is 3.55. The van der Waals surface area contributed by atoms with Crippen LogP contribution in [-0.4, -0.2) is 22.4 Å². The molecule has 4 rings (SSSR count). The van der Waals surface area contributed by atoms with E-state index in [1.165, 1.54) is 11.0 Å². The highest BCUT2D eigenvalue weighted by Gasteiger charge is 2.51. The quantitative estimate of drug-likeness (QED) is 0.875. The number of aryl methyl sites for hydroxylation is 1. The molecule has 1 aromatic heterocycles. The summed E-state index contributed by atoms with van der Waals surface area (Å²) in [7, 11) is 0. The van der Waals surface area contributed by atoms with Gasteiger partial charge in [-0.1, -0.05) is 12.1 Å². The Morgan fingerprint density at radius 3 is 2.91 bits per heavy atom. The van der Waals surface area contributed by atoms with Gasteiger partial charge in [0.05, 0.1) is 17.9 Å². The first-order chi connectivity index (χ1) is 11.1. The maximum absolute atomic E-state index is 14.2. The third kappa shape index (κ3) is 2.05. The van der Waals surface area contributed by atoms with Crippen molar-refractivity contribution in [3.63, 3.8) is 0 Å². The Kier molecular flexibility index (Phi) is 3.16. The van der Waals surface area contributed by atoms with Crippen LogP contribution < -0.4 is 10.2 Å². The van der Waals surface area contributed by atoms with Crippen LogP contribution in [-0.2, 0) is 16.9 Å². The minimum Gasteiger partial charge on any atom is -0.303 e. The summed E-state index contributed by atoms with van der Waals surface area (Å²) in [6, 6.07) is 6.37. The summed E-state index contributed by atoms with van der Waals surface area (Å²) in [5, 5.41) is 3.32. The number of hydrogen-bond donors (Lipinski definition) is 1. The lowest BCUT2D eigenvalue weighted by atomic mass is 9.84. The van der Waals surface area contributed by atoms with Crippen molar-refractivity contribution in [3.05, 3.63) is 53.4 Å². The molecule has 1 unspecified atom stereocenters. The van der Waals surface area contributed by atoms with E-state index in [9.17, 15) is 9.18 Å². The average molecular weight is 312 g/mol. The van der Waals surface area contributed by atoms with Gasteiger partial charge in [0.25, 0.3) is 5.91 Å². The summed E-state index contributed by atoms with van der Waals surface area (Å²) >= 11 is 0. The highest BCUT2D eigenvalue weighted by atomic mass is 19.1. The molecule has 1 amide bonds. The Balaban J connectivity index is 1.89. The van der Waals surface area contributed by atoms with Gasteiger partial charge in [-0.25, -0.2) is 14.4 Å². The van der Waals surface area contributed by atoms with Crippen LogP contribution in [0, 0.1) is 12.7 Å². The molecular formula is C17H17FN4O. The van der Waals surface area contributed by atoms with Crippen molar-refractivity contribution >= 4 is 11.6 Å². The molecule has 2 aromatic rings. The second kappa shape index (κ2) is 5.09. The van der Waals surface area contributed by atoms with Crippen LogP contribution >= 0.6 is 0 Å². The van der Waals surface area contributed by atoms with Crippen molar-refractivity contribution in [2.24, 2.45) is 0 Å². The average Bonchev–Trinajstić information content (AvgIpc) is 3.03. The molecule has 2 aliphatic rings. The number of rotatable bonds is 1. The molecule has 2 aliphatic heterocycles. The third-order valence-corrected chi connectivity index (χ3v) is 4.63. The molecule has 0 aliphatic carbocycles. The van der Waals surface area contributed by atoms with Gasteiger partial charge in [0, 0.05) is 11.8 Å². The number of halogens is 1. The Morgan fingerprint density at radius 1 is 1.35 bits per heavy atom. The largest absolute Gasteiger partial charge is 0.303 e. The number of amides is 1. The molecule has 118 valence electrons. The monoisotopic (exact) mass is 312 g/mol. The van der Waals surface area contributed by atoms with Gasteiger partial charge in [0.2, 0.25) is 0 Å². The number of nitrogens with one attached hydrogen (secondary N) is 1. The van der Waals surface area contributed by atoms with E-state index in [2.05, 4.69) is 15.3 Å². The second-order valence-electron chi connectivity index (χ2n) is 6.07. The lowest BCUT2D eigenvalue weighted by Crippen LogP contribution is -2.57. The first kappa shape index (κ1) is 14.3. The van der Waals surface area contributed by atoms with Gasteiger partial charge in [-0.05, 0) is 38.4 Å². The van der Waals surface area contributed by atoms with Crippen LogP contribution in [0.4, 0.5) is 10.1 Å². The number of benzene rings is 1. The van der Waals surface area contributed by atoms with Crippen molar-refractivity contribution in [3.8, 4) is 0 Å². The van der Waals surface area contributed by atoms with Gasteiger partial charge in [0.15, 0.2) is 0 Å². The first-order valence-corrected chi connectivity index (χ1v) is 7.76. The predicted molar refractivity (Wildman–Crippen MR) is 83.3 cm³/mol. The highest BCUT2D eigenvalue weighted by Crippen LogP contribution is 2.40. The van der Waals surface area contributed by atoms with Gasteiger partial charge >= 0.3 is 0 Å². The predicted octanol–water partition coefficient (Wildman–Crippen LogP) is 2.05. The normalized spacial score (nSPS) is 23.4. The van der Waals surface area contributed by atoms with Crippen LogP contribution in [0.5, 0.6) is 0 Å². The standard InChI is InChI=1S/C17H17FN4O/c1-11-19-9-12-10-22(14-6-3-2-5-13(14)18)16(23)17(15(12)21-11)7-4-8-20-17/h2-3,5-6,9,20H,4,7-8,10H2,1H3. The summed E-state index contributed by atoms with van der Waals surface area (Å²) in [4.78, 5) is 23.5. The zero-order valence-corrected chi connectivity index (χ0v) is 12.8. The summed E-state index contributed by atoms with van der Waals surface area (Å²) < 4.78 is 14.2. The van der Waals surface area contributed by atoms with Gasteiger partial charge in [-0.15, -0.1) is 0 Å². The Labute approximate surface area is 133 Å². The van der Waals surface area contributed by atoms with Crippen LogP contribution in [0.2, 0.25) is 0 Å². The molecule has 3 heterocycles. The third-order valence-electron chi connectivity index (χ3n) is 4.63. The molecule has 1 atom stereocenters. The number of aromatic nitrogens is 2. The molecule has 23 heavy (non-hydrogen) atoms.